The summed E-state index contributed by atoms with van der Waals surface area (Å²) in [4.78, 5) is 70.0. The van der Waals surface area contributed by atoms with Crippen LogP contribution in [0, 0.1) is 11.6 Å². The zero-order valence-corrected chi connectivity index (χ0v) is 32.2. The number of aromatic nitrogens is 4. The van der Waals surface area contributed by atoms with Crippen molar-refractivity contribution >= 4 is 51.7 Å². The predicted octanol–water partition coefficient (Wildman–Crippen LogP) is 5.50. The predicted molar refractivity (Wildman–Crippen MR) is 210 cm³/mol. The molecule has 3 aromatic carbocycles. The number of imide groups is 1. The van der Waals surface area contributed by atoms with E-state index in [0.29, 0.717) is 84.4 Å². The Hall–Kier alpha value is -5.76. The molecule has 0 spiro atoms. The maximum absolute atomic E-state index is 15.2. The van der Waals surface area contributed by atoms with Crippen LogP contribution in [0.4, 0.5) is 20.3 Å². The van der Waals surface area contributed by atoms with Crippen LogP contribution in [0.2, 0.25) is 5.02 Å². The van der Waals surface area contributed by atoms with Crippen LogP contribution < -0.4 is 20.7 Å². The van der Waals surface area contributed by atoms with Gasteiger partial charge in [0.2, 0.25) is 17.7 Å². The Morgan fingerprint density at radius 2 is 1.67 bits per heavy atom. The van der Waals surface area contributed by atoms with E-state index in [4.69, 9.17) is 11.6 Å². The van der Waals surface area contributed by atoms with Gasteiger partial charge >= 0.3 is 0 Å². The average Bonchev–Trinajstić information content (AvgIpc) is 3.41. The molecule has 0 saturated carbocycles. The van der Waals surface area contributed by atoms with Crippen molar-refractivity contribution in [1.29, 1.82) is 0 Å². The number of anilines is 2. The zero-order valence-electron chi connectivity index (χ0n) is 31.4. The van der Waals surface area contributed by atoms with Gasteiger partial charge < -0.3 is 14.7 Å². The van der Waals surface area contributed by atoms with Crippen molar-refractivity contribution in [3.05, 3.63) is 116 Å². The van der Waals surface area contributed by atoms with E-state index in [9.17, 15) is 19.2 Å². The van der Waals surface area contributed by atoms with Gasteiger partial charge in [0.1, 0.15) is 23.3 Å². The number of carbonyl (C=O) groups excluding carboxylic acids is 3. The third-order valence-corrected chi connectivity index (χ3v) is 12.3. The summed E-state index contributed by atoms with van der Waals surface area (Å²) >= 11 is 6.46. The second kappa shape index (κ2) is 14.0. The Balaban J connectivity index is 0.827. The van der Waals surface area contributed by atoms with E-state index in [1.165, 1.54) is 12.1 Å². The Kier molecular flexibility index (Phi) is 9.06. The van der Waals surface area contributed by atoms with Crippen molar-refractivity contribution in [3.8, 4) is 5.69 Å². The summed E-state index contributed by atoms with van der Waals surface area (Å²) in [5.41, 5.74) is 3.60. The van der Waals surface area contributed by atoms with Crippen LogP contribution >= 0.6 is 11.6 Å². The number of fused-ring (bicyclic) bond motifs is 5. The molecule has 9 rings (SSSR count). The summed E-state index contributed by atoms with van der Waals surface area (Å²) in [7, 11) is 0. The van der Waals surface area contributed by atoms with Crippen LogP contribution in [-0.2, 0) is 26.3 Å². The molecular formula is C42H39ClF2N8O4. The van der Waals surface area contributed by atoms with E-state index in [1.54, 1.807) is 23.4 Å². The molecule has 15 heteroatoms. The SMILES string of the molecule is CC1(C)c2ccc(N3CCN(Cc4cnc(N5CCC(c6cc(F)c(C7CCC(=O)NC7=O)c(F)c6)CC5)cn4)C(=O)C3)cc2-n2c1nc(=O)c1c(Cl)cccc12. The molecule has 3 amide bonds. The van der Waals surface area contributed by atoms with Crippen LogP contribution in [-0.4, -0.2) is 74.9 Å². The number of hydrogen-bond donors (Lipinski definition) is 1. The highest BCUT2D eigenvalue weighted by Gasteiger charge is 2.39. The molecule has 57 heavy (non-hydrogen) atoms. The molecule has 1 N–H and O–H groups in total. The second-order valence-corrected chi connectivity index (χ2v) is 16.2. The lowest BCUT2D eigenvalue weighted by Gasteiger charge is -2.36. The maximum atomic E-state index is 15.2. The first-order valence-electron chi connectivity index (χ1n) is 19.1. The van der Waals surface area contributed by atoms with Gasteiger partial charge in [-0.3, -0.25) is 34.0 Å². The molecule has 0 bridgehead atoms. The highest BCUT2D eigenvalue weighted by Crippen LogP contribution is 2.44. The van der Waals surface area contributed by atoms with Crippen LogP contribution in [0.25, 0.3) is 16.6 Å². The second-order valence-electron chi connectivity index (χ2n) is 15.8. The highest BCUT2D eigenvalue weighted by molar-refractivity contribution is 6.35. The quantitative estimate of drug-likeness (QED) is 0.222. The summed E-state index contributed by atoms with van der Waals surface area (Å²) in [6.45, 7) is 6.96. The Morgan fingerprint density at radius 1 is 0.895 bits per heavy atom. The van der Waals surface area contributed by atoms with E-state index in [2.05, 4.69) is 56.0 Å². The van der Waals surface area contributed by atoms with Crippen LogP contribution in [0.3, 0.4) is 0 Å². The lowest BCUT2D eigenvalue weighted by Crippen LogP contribution is -2.50. The molecule has 292 valence electrons. The number of amides is 3. The lowest BCUT2D eigenvalue weighted by atomic mass is 9.85. The molecule has 6 heterocycles. The lowest BCUT2D eigenvalue weighted by molar-refractivity contribution is -0.134. The molecule has 4 aliphatic heterocycles. The number of halogens is 3. The minimum absolute atomic E-state index is 0.0315. The van der Waals surface area contributed by atoms with Gasteiger partial charge in [-0.1, -0.05) is 23.7 Å². The fraction of sp³-hybridized carbons (Fsp3) is 0.357. The average molecular weight is 793 g/mol. The van der Waals surface area contributed by atoms with Crippen LogP contribution in [0.5, 0.6) is 0 Å². The third kappa shape index (κ3) is 6.39. The molecule has 0 radical (unpaired) electrons. The standard InChI is InChI=1S/C42H39ClF2N8O4/c1-42(2)28-8-6-26(18-33(28)53-32-5-3-4-29(43)38(32)40(57)49-41(42)53)51-14-15-52(36(55)22-51)21-25-19-47-34(20-46-25)50-12-10-23(11-13-50)24-16-30(44)37(31(45)17-24)27-7-9-35(54)48-39(27)56/h3-6,8,16-20,23,27H,7,9-15,21-22H2,1-2H3,(H,48,54,56). The van der Waals surface area contributed by atoms with E-state index < -0.39 is 34.8 Å². The minimum Gasteiger partial charge on any atom is -0.360 e. The smallest absolute Gasteiger partial charge is 0.282 e. The number of nitrogens with one attached hydrogen (secondary N) is 1. The molecule has 1 atom stereocenters. The Labute approximate surface area is 331 Å². The van der Waals surface area contributed by atoms with Gasteiger partial charge in [0.15, 0.2) is 0 Å². The molecule has 2 aromatic heterocycles. The molecule has 1 unspecified atom stereocenters. The van der Waals surface area contributed by atoms with Gasteiger partial charge in [0.25, 0.3) is 5.56 Å². The number of benzene rings is 3. The number of hydrogen-bond acceptors (Lipinski definition) is 9. The summed E-state index contributed by atoms with van der Waals surface area (Å²) < 4.78 is 32.4. The van der Waals surface area contributed by atoms with E-state index in [0.717, 1.165) is 16.9 Å². The Morgan fingerprint density at radius 3 is 2.37 bits per heavy atom. The first-order valence-corrected chi connectivity index (χ1v) is 19.5. The van der Waals surface area contributed by atoms with Gasteiger partial charge in [-0.05, 0) is 86.6 Å². The molecule has 4 aliphatic rings. The van der Waals surface area contributed by atoms with Gasteiger partial charge in [0, 0.05) is 43.9 Å². The maximum Gasteiger partial charge on any atom is 0.282 e. The summed E-state index contributed by atoms with van der Waals surface area (Å²) in [5.74, 6) is -2.43. The van der Waals surface area contributed by atoms with Crippen molar-refractivity contribution in [2.45, 2.75) is 63.3 Å². The Bertz CT molecular complexity index is 2530. The summed E-state index contributed by atoms with van der Waals surface area (Å²) in [6, 6.07) is 14.2. The number of carbonyl (C=O) groups is 3. The monoisotopic (exact) mass is 792 g/mol. The molecule has 12 nitrogen and oxygen atoms in total. The normalized spacial score (nSPS) is 19.6. The largest absolute Gasteiger partial charge is 0.360 e. The zero-order chi connectivity index (χ0) is 39.7. The molecule has 3 saturated heterocycles. The van der Waals surface area contributed by atoms with Crippen LogP contribution in [0.1, 0.15) is 79.6 Å². The summed E-state index contributed by atoms with van der Waals surface area (Å²) in [5, 5.41) is 2.91. The molecule has 3 fully saturated rings. The number of piperidine rings is 2. The van der Waals surface area contributed by atoms with Gasteiger partial charge in [-0.25, -0.2) is 13.8 Å². The van der Waals surface area contributed by atoms with Crippen molar-refractivity contribution in [2.75, 3.05) is 42.5 Å². The van der Waals surface area contributed by atoms with E-state index in [1.807, 2.05) is 22.8 Å². The van der Waals surface area contributed by atoms with Crippen molar-refractivity contribution in [3.63, 3.8) is 0 Å². The highest BCUT2D eigenvalue weighted by atomic mass is 35.5. The van der Waals surface area contributed by atoms with E-state index >= 15 is 8.78 Å². The van der Waals surface area contributed by atoms with E-state index in [-0.39, 0.29) is 42.3 Å². The van der Waals surface area contributed by atoms with Gasteiger partial charge in [-0.15, -0.1) is 0 Å². The fourth-order valence-electron chi connectivity index (χ4n) is 8.91. The van der Waals surface area contributed by atoms with Crippen molar-refractivity contribution < 1.29 is 23.2 Å². The minimum atomic E-state index is -1.03. The van der Waals surface area contributed by atoms with Gasteiger partial charge in [0.05, 0.1) is 64.1 Å². The third-order valence-electron chi connectivity index (χ3n) is 12.0. The van der Waals surface area contributed by atoms with Crippen molar-refractivity contribution in [1.82, 2.24) is 29.7 Å². The molecular weight excluding hydrogens is 754 g/mol. The molecule has 0 aliphatic carbocycles. The first kappa shape index (κ1) is 36.9. The topological polar surface area (TPSA) is 134 Å². The number of nitrogens with zero attached hydrogens (tertiary/aromatic N) is 7. The fourth-order valence-corrected chi connectivity index (χ4v) is 9.16. The molecule has 5 aromatic rings. The summed E-state index contributed by atoms with van der Waals surface area (Å²) in [6.07, 6.45) is 4.81. The van der Waals surface area contributed by atoms with Crippen molar-refractivity contribution in [2.24, 2.45) is 0 Å². The number of rotatable bonds is 6. The van der Waals surface area contributed by atoms with Crippen LogP contribution in [0.15, 0.2) is 65.7 Å². The van der Waals surface area contributed by atoms with Gasteiger partial charge in [-0.2, -0.15) is 4.98 Å². The first-order chi connectivity index (χ1) is 27.4. The number of piperazine rings is 1.